The molecule has 18 heavy (non-hydrogen) atoms. The van der Waals surface area contributed by atoms with Crippen molar-refractivity contribution in [3.8, 4) is 0 Å². The van der Waals surface area contributed by atoms with E-state index in [1.54, 1.807) is 26.0 Å². The number of hydrogen-bond donors (Lipinski definition) is 0. The highest BCUT2D eigenvalue weighted by molar-refractivity contribution is 5.73. The van der Waals surface area contributed by atoms with Crippen LogP contribution in [-0.4, -0.2) is 18.3 Å². The van der Waals surface area contributed by atoms with Gasteiger partial charge in [0.25, 0.3) is 0 Å². The van der Waals surface area contributed by atoms with Crippen molar-refractivity contribution in [3.05, 3.63) is 35.9 Å². The Labute approximate surface area is 105 Å². The Bertz CT molecular complexity index is 429. The Balaban J connectivity index is 2.34. The third-order valence-corrected chi connectivity index (χ3v) is 1.75. The monoisotopic (exact) mass is 250 g/mol. The molecular formula is C12H14N2O4. The highest BCUT2D eigenvalue weighted by atomic mass is 16.6. The first-order valence-corrected chi connectivity index (χ1v) is 5.41. The number of carbonyl (C=O) groups excluding carboxylic acids is 2. The lowest BCUT2D eigenvalue weighted by Crippen LogP contribution is -2.07. The molecule has 1 aromatic rings. The molecule has 0 spiro atoms. The summed E-state index contributed by atoms with van der Waals surface area (Å²) in [6.45, 7) is 3.42. The van der Waals surface area contributed by atoms with E-state index in [1.165, 1.54) is 0 Å². The van der Waals surface area contributed by atoms with Gasteiger partial charge < -0.3 is 9.47 Å². The maximum Gasteiger partial charge on any atom is 0.452 e. The van der Waals surface area contributed by atoms with Gasteiger partial charge in [0.1, 0.15) is 6.61 Å². The minimum absolute atomic E-state index is 0.0813. The van der Waals surface area contributed by atoms with Crippen LogP contribution in [0.5, 0.6) is 0 Å². The van der Waals surface area contributed by atoms with Crippen molar-refractivity contribution < 1.29 is 19.1 Å². The van der Waals surface area contributed by atoms with Crippen LogP contribution in [-0.2, 0) is 16.1 Å². The molecule has 0 aliphatic carbocycles. The van der Waals surface area contributed by atoms with Crippen LogP contribution < -0.4 is 0 Å². The average molecular weight is 250 g/mol. The molecule has 96 valence electrons. The summed E-state index contributed by atoms with van der Waals surface area (Å²) in [5.41, 5.74) is 0.825. The second kappa shape index (κ2) is 7.16. The summed E-state index contributed by atoms with van der Waals surface area (Å²) in [4.78, 5) is 22.1. The third-order valence-electron chi connectivity index (χ3n) is 1.75. The van der Waals surface area contributed by atoms with E-state index >= 15 is 0 Å². The third kappa shape index (κ3) is 5.74. The van der Waals surface area contributed by atoms with E-state index in [4.69, 9.17) is 4.74 Å². The first kappa shape index (κ1) is 13.8. The maximum atomic E-state index is 11.1. The van der Waals surface area contributed by atoms with Crippen LogP contribution in [0.3, 0.4) is 0 Å². The molecule has 1 aromatic carbocycles. The summed E-state index contributed by atoms with van der Waals surface area (Å²) in [5, 5.41) is 6.15. The molecule has 0 aliphatic heterocycles. The highest BCUT2D eigenvalue weighted by Crippen LogP contribution is 2.02. The Hall–Kier alpha value is -2.24. The standard InChI is InChI=1S/C12H14N2O4/c1-9(2)18-12(16)14-13-11(15)17-8-10-6-4-3-5-7-10/h3-7,9H,8H2,1-2H3/b14-13+. The average Bonchev–Trinajstić information content (AvgIpc) is 2.34. The lowest BCUT2D eigenvalue weighted by molar-refractivity contribution is 0.121. The Kier molecular flexibility index (Phi) is 5.50. The SMILES string of the molecule is CC(C)OC(=O)/N=N/C(=O)OCc1ccccc1. The van der Waals surface area contributed by atoms with Gasteiger partial charge in [0, 0.05) is 0 Å². The number of ether oxygens (including phenoxy) is 2. The summed E-state index contributed by atoms with van der Waals surface area (Å²) in [5.74, 6) is 0. The molecule has 0 fully saturated rings. The minimum Gasteiger partial charge on any atom is -0.444 e. The summed E-state index contributed by atoms with van der Waals surface area (Å²) < 4.78 is 9.43. The van der Waals surface area contributed by atoms with Gasteiger partial charge >= 0.3 is 12.2 Å². The summed E-state index contributed by atoms with van der Waals surface area (Å²) in [7, 11) is 0. The van der Waals surface area contributed by atoms with Gasteiger partial charge in [-0.3, -0.25) is 0 Å². The van der Waals surface area contributed by atoms with Gasteiger partial charge in [-0.1, -0.05) is 40.6 Å². The molecule has 0 aliphatic rings. The number of amides is 2. The zero-order valence-corrected chi connectivity index (χ0v) is 10.2. The fraction of sp³-hybridized carbons (Fsp3) is 0.333. The summed E-state index contributed by atoms with van der Waals surface area (Å²) in [6, 6.07) is 9.11. The smallest absolute Gasteiger partial charge is 0.444 e. The van der Waals surface area contributed by atoms with Crippen molar-refractivity contribution in [1.82, 2.24) is 0 Å². The van der Waals surface area contributed by atoms with Gasteiger partial charge in [-0.05, 0) is 19.4 Å². The molecule has 0 N–H and O–H groups in total. The molecule has 0 atom stereocenters. The van der Waals surface area contributed by atoms with E-state index in [0.717, 1.165) is 5.56 Å². The molecular weight excluding hydrogens is 236 g/mol. The number of hydrogen-bond acceptors (Lipinski definition) is 4. The van der Waals surface area contributed by atoms with Gasteiger partial charge in [-0.15, -0.1) is 0 Å². The second-order valence-electron chi connectivity index (χ2n) is 3.67. The fourth-order valence-electron chi connectivity index (χ4n) is 1.06. The first-order chi connectivity index (χ1) is 8.58. The van der Waals surface area contributed by atoms with Crippen LogP contribution in [0, 0.1) is 0 Å². The number of benzene rings is 1. The molecule has 1 rings (SSSR count). The van der Waals surface area contributed by atoms with Crippen molar-refractivity contribution in [3.63, 3.8) is 0 Å². The van der Waals surface area contributed by atoms with Crippen LogP contribution in [0.15, 0.2) is 40.6 Å². The number of azo groups is 1. The normalized spacial score (nSPS) is 10.6. The predicted molar refractivity (Wildman–Crippen MR) is 63.1 cm³/mol. The van der Waals surface area contributed by atoms with E-state index in [1.807, 2.05) is 18.2 Å². The van der Waals surface area contributed by atoms with E-state index in [2.05, 4.69) is 15.0 Å². The molecule has 0 aromatic heterocycles. The quantitative estimate of drug-likeness (QED) is 0.771. The Morgan fingerprint density at radius 3 is 2.33 bits per heavy atom. The van der Waals surface area contributed by atoms with Gasteiger partial charge in [0.15, 0.2) is 0 Å². The molecule has 0 heterocycles. The maximum absolute atomic E-state index is 11.1. The molecule has 6 heteroatoms. The van der Waals surface area contributed by atoms with Crippen LogP contribution in [0.4, 0.5) is 9.59 Å². The Morgan fingerprint density at radius 1 is 1.11 bits per heavy atom. The van der Waals surface area contributed by atoms with E-state index in [9.17, 15) is 9.59 Å². The second-order valence-corrected chi connectivity index (χ2v) is 3.67. The van der Waals surface area contributed by atoms with Crippen LogP contribution in [0.1, 0.15) is 19.4 Å². The van der Waals surface area contributed by atoms with E-state index < -0.39 is 12.2 Å². The molecule has 0 radical (unpaired) electrons. The Morgan fingerprint density at radius 2 is 1.72 bits per heavy atom. The molecule has 0 saturated carbocycles. The largest absolute Gasteiger partial charge is 0.452 e. The molecule has 0 bridgehead atoms. The topological polar surface area (TPSA) is 77.3 Å². The van der Waals surface area contributed by atoms with Crippen LogP contribution in [0.2, 0.25) is 0 Å². The molecule has 0 saturated heterocycles. The minimum atomic E-state index is -0.931. The van der Waals surface area contributed by atoms with Gasteiger partial charge in [-0.25, -0.2) is 9.59 Å². The van der Waals surface area contributed by atoms with Crippen molar-refractivity contribution >= 4 is 12.2 Å². The van der Waals surface area contributed by atoms with E-state index in [-0.39, 0.29) is 12.7 Å². The van der Waals surface area contributed by atoms with Crippen LogP contribution >= 0.6 is 0 Å². The lowest BCUT2D eigenvalue weighted by atomic mass is 10.2. The van der Waals surface area contributed by atoms with Gasteiger partial charge in [-0.2, -0.15) is 0 Å². The zero-order valence-electron chi connectivity index (χ0n) is 10.2. The molecule has 2 amide bonds. The van der Waals surface area contributed by atoms with Gasteiger partial charge in [0.05, 0.1) is 6.10 Å². The first-order valence-electron chi connectivity index (χ1n) is 5.41. The number of nitrogens with zero attached hydrogens (tertiary/aromatic N) is 2. The fourth-order valence-corrected chi connectivity index (χ4v) is 1.06. The van der Waals surface area contributed by atoms with Crippen molar-refractivity contribution in [2.24, 2.45) is 10.2 Å². The van der Waals surface area contributed by atoms with Crippen LogP contribution in [0.25, 0.3) is 0 Å². The highest BCUT2D eigenvalue weighted by Gasteiger charge is 2.05. The predicted octanol–water partition coefficient (Wildman–Crippen LogP) is 3.32. The summed E-state index contributed by atoms with van der Waals surface area (Å²) in [6.07, 6.45) is -2.15. The van der Waals surface area contributed by atoms with Crippen molar-refractivity contribution in [2.45, 2.75) is 26.6 Å². The number of carbonyl (C=O) groups is 2. The molecule has 6 nitrogen and oxygen atoms in total. The van der Waals surface area contributed by atoms with E-state index in [0.29, 0.717) is 0 Å². The zero-order chi connectivity index (χ0) is 13.4. The van der Waals surface area contributed by atoms with Gasteiger partial charge in [0.2, 0.25) is 0 Å². The van der Waals surface area contributed by atoms with Crippen molar-refractivity contribution in [1.29, 1.82) is 0 Å². The summed E-state index contributed by atoms with van der Waals surface area (Å²) >= 11 is 0. The number of rotatable bonds is 3. The lowest BCUT2D eigenvalue weighted by Gasteiger charge is -2.02. The molecule has 0 unspecified atom stereocenters. The van der Waals surface area contributed by atoms with Crippen molar-refractivity contribution in [2.75, 3.05) is 0 Å².